The van der Waals surface area contributed by atoms with E-state index in [4.69, 9.17) is 0 Å². The molecular weight excluding hydrogens is 256 g/mol. The third-order valence-corrected chi connectivity index (χ3v) is 3.45. The van der Waals surface area contributed by atoms with Crippen molar-refractivity contribution >= 4 is 5.91 Å². The first-order valence-corrected chi connectivity index (χ1v) is 6.51. The van der Waals surface area contributed by atoms with Crippen molar-refractivity contribution in [3.63, 3.8) is 0 Å². The van der Waals surface area contributed by atoms with Gasteiger partial charge in [0.05, 0.1) is 5.69 Å². The average Bonchev–Trinajstić information content (AvgIpc) is 2.47. The van der Waals surface area contributed by atoms with E-state index < -0.39 is 0 Å². The maximum atomic E-state index is 12.1. The Bertz CT molecular complexity index is 681. The van der Waals surface area contributed by atoms with E-state index >= 15 is 0 Å². The van der Waals surface area contributed by atoms with Crippen molar-refractivity contribution in [2.24, 2.45) is 0 Å². The summed E-state index contributed by atoms with van der Waals surface area (Å²) in [7, 11) is 0. The Morgan fingerprint density at radius 3 is 2.95 bits per heavy atom. The zero-order chi connectivity index (χ0) is 13.9. The maximum absolute atomic E-state index is 12.1. The summed E-state index contributed by atoms with van der Waals surface area (Å²) in [5.41, 5.74) is 2.22. The molecule has 2 aromatic rings. The fourth-order valence-electron chi connectivity index (χ4n) is 2.44. The first-order chi connectivity index (χ1) is 9.72. The molecular formula is C14H14N4O2. The number of amides is 1. The molecule has 0 unspecified atom stereocenters. The predicted octanol–water partition coefficient (Wildman–Crippen LogP) is 0.452. The Balaban J connectivity index is 1.71. The Labute approximate surface area is 115 Å². The molecule has 1 atom stereocenters. The van der Waals surface area contributed by atoms with Gasteiger partial charge in [-0.25, -0.2) is 5.10 Å². The molecule has 1 aliphatic carbocycles. The summed E-state index contributed by atoms with van der Waals surface area (Å²) in [5.74, 6) is -0.112. The standard InChI is InChI=1S/C14H14N4O2/c19-13-8-10-7-11(1-2-12(10)17-18-13)16-14(20)9-3-5-15-6-4-9/h3-6,8,11H,1-2,7H2,(H,16,20)(H,18,19)/t11-/m0/s1. The first kappa shape index (κ1) is 12.5. The molecule has 20 heavy (non-hydrogen) atoms. The lowest BCUT2D eigenvalue weighted by Gasteiger charge is -2.24. The highest BCUT2D eigenvalue weighted by atomic mass is 16.1. The number of nitrogens with one attached hydrogen (secondary N) is 2. The monoisotopic (exact) mass is 270 g/mol. The van der Waals surface area contributed by atoms with Crippen LogP contribution in [0, 0.1) is 0 Å². The van der Waals surface area contributed by atoms with Gasteiger partial charge in [0.25, 0.3) is 11.5 Å². The second-order valence-corrected chi connectivity index (χ2v) is 4.85. The summed E-state index contributed by atoms with van der Waals surface area (Å²) in [6, 6.07) is 4.95. The molecule has 0 spiro atoms. The Kier molecular flexibility index (Phi) is 3.28. The minimum atomic E-state index is -0.204. The Hall–Kier alpha value is -2.50. The van der Waals surface area contributed by atoms with Crippen molar-refractivity contribution in [2.45, 2.75) is 25.3 Å². The number of rotatable bonds is 2. The topological polar surface area (TPSA) is 87.7 Å². The number of H-pyrrole nitrogens is 1. The SMILES string of the molecule is O=C(N[C@H]1CCc2n[nH]c(=O)cc2C1)c1ccncc1. The van der Waals surface area contributed by atoms with Crippen LogP contribution in [-0.2, 0) is 12.8 Å². The van der Waals surface area contributed by atoms with Gasteiger partial charge in [0.1, 0.15) is 0 Å². The summed E-state index contributed by atoms with van der Waals surface area (Å²) in [6.45, 7) is 0. The number of aryl methyl sites for hydroxylation is 1. The van der Waals surface area contributed by atoms with E-state index in [1.54, 1.807) is 30.6 Å². The quantitative estimate of drug-likeness (QED) is 0.829. The lowest BCUT2D eigenvalue weighted by molar-refractivity contribution is 0.0933. The largest absolute Gasteiger partial charge is 0.349 e. The van der Waals surface area contributed by atoms with Crippen molar-refractivity contribution in [2.75, 3.05) is 0 Å². The molecule has 0 saturated heterocycles. The third-order valence-electron chi connectivity index (χ3n) is 3.45. The van der Waals surface area contributed by atoms with E-state index in [0.717, 1.165) is 24.1 Å². The smallest absolute Gasteiger partial charge is 0.264 e. The summed E-state index contributed by atoms with van der Waals surface area (Å²) >= 11 is 0. The molecule has 0 aromatic carbocycles. The van der Waals surface area contributed by atoms with Crippen LogP contribution in [0.2, 0.25) is 0 Å². The second-order valence-electron chi connectivity index (χ2n) is 4.85. The fourth-order valence-corrected chi connectivity index (χ4v) is 2.44. The molecule has 1 aliphatic rings. The lowest BCUT2D eigenvalue weighted by Crippen LogP contribution is -2.39. The lowest BCUT2D eigenvalue weighted by atomic mass is 9.92. The van der Waals surface area contributed by atoms with Crippen molar-refractivity contribution < 1.29 is 4.79 Å². The molecule has 0 aliphatic heterocycles. The van der Waals surface area contributed by atoms with Gasteiger partial charge in [-0.05, 0) is 37.0 Å². The van der Waals surface area contributed by atoms with Gasteiger partial charge in [0.15, 0.2) is 0 Å². The van der Waals surface area contributed by atoms with E-state index in [1.807, 2.05) is 0 Å². The third kappa shape index (κ3) is 2.59. The molecule has 0 radical (unpaired) electrons. The zero-order valence-electron chi connectivity index (χ0n) is 10.8. The van der Waals surface area contributed by atoms with Crippen molar-refractivity contribution in [1.82, 2.24) is 20.5 Å². The number of nitrogens with zero attached hydrogens (tertiary/aromatic N) is 2. The molecule has 0 bridgehead atoms. The predicted molar refractivity (Wildman–Crippen MR) is 72.4 cm³/mol. The minimum Gasteiger partial charge on any atom is -0.349 e. The number of pyridine rings is 1. The van der Waals surface area contributed by atoms with Gasteiger partial charge in [-0.1, -0.05) is 0 Å². The Morgan fingerprint density at radius 2 is 2.15 bits per heavy atom. The van der Waals surface area contributed by atoms with E-state index in [-0.39, 0.29) is 17.5 Å². The summed E-state index contributed by atoms with van der Waals surface area (Å²) in [5, 5.41) is 9.46. The fraction of sp³-hybridized carbons (Fsp3) is 0.286. The van der Waals surface area contributed by atoms with Crippen LogP contribution in [0.15, 0.2) is 35.4 Å². The molecule has 6 heteroatoms. The number of hydrogen-bond acceptors (Lipinski definition) is 4. The number of fused-ring (bicyclic) bond motifs is 1. The van der Waals surface area contributed by atoms with Gasteiger partial charge in [0, 0.05) is 30.1 Å². The number of hydrogen-bond donors (Lipinski definition) is 2. The van der Waals surface area contributed by atoms with E-state index in [2.05, 4.69) is 20.5 Å². The summed E-state index contributed by atoms with van der Waals surface area (Å²) in [4.78, 5) is 27.2. The molecule has 2 N–H and O–H groups in total. The molecule has 102 valence electrons. The molecule has 6 nitrogen and oxygen atoms in total. The van der Waals surface area contributed by atoms with E-state index in [9.17, 15) is 9.59 Å². The first-order valence-electron chi connectivity index (χ1n) is 6.51. The summed E-state index contributed by atoms with van der Waals surface area (Å²) in [6.07, 6.45) is 5.41. The molecule has 2 heterocycles. The maximum Gasteiger partial charge on any atom is 0.264 e. The number of carbonyl (C=O) groups excluding carboxylic acids is 1. The van der Waals surface area contributed by atoms with Crippen molar-refractivity contribution in [1.29, 1.82) is 0 Å². The van der Waals surface area contributed by atoms with Crippen LogP contribution < -0.4 is 10.9 Å². The van der Waals surface area contributed by atoms with Crippen molar-refractivity contribution in [3.05, 3.63) is 57.8 Å². The van der Waals surface area contributed by atoms with Gasteiger partial charge in [0.2, 0.25) is 0 Å². The van der Waals surface area contributed by atoms with E-state index in [1.165, 1.54) is 0 Å². The highest BCUT2D eigenvalue weighted by Crippen LogP contribution is 2.17. The number of aromatic nitrogens is 3. The minimum absolute atomic E-state index is 0.0340. The van der Waals surface area contributed by atoms with Crippen LogP contribution in [0.1, 0.15) is 28.0 Å². The van der Waals surface area contributed by atoms with Gasteiger partial charge >= 0.3 is 0 Å². The van der Waals surface area contributed by atoms with E-state index in [0.29, 0.717) is 12.0 Å². The van der Waals surface area contributed by atoms with Crippen LogP contribution >= 0.6 is 0 Å². The summed E-state index contributed by atoms with van der Waals surface area (Å²) < 4.78 is 0. The average molecular weight is 270 g/mol. The van der Waals surface area contributed by atoms with Crippen LogP contribution in [0.3, 0.4) is 0 Å². The normalized spacial score (nSPS) is 17.3. The van der Waals surface area contributed by atoms with Gasteiger partial charge in [-0.3, -0.25) is 14.6 Å². The van der Waals surface area contributed by atoms with Crippen LogP contribution in [0.25, 0.3) is 0 Å². The molecule has 3 rings (SSSR count). The molecule has 2 aromatic heterocycles. The highest BCUT2D eigenvalue weighted by molar-refractivity contribution is 5.94. The van der Waals surface area contributed by atoms with Crippen molar-refractivity contribution in [3.8, 4) is 0 Å². The van der Waals surface area contributed by atoms with Crippen LogP contribution in [0.5, 0.6) is 0 Å². The molecule has 0 fully saturated rings. The second kappa shape index (κ2) is 5.24. The van der Waals surface area contributed by atoms with Gasteiger partial charge < -0.3 is 5.32 Å². The molecule has 0 saturated carbocycles. The number of carbonyl (C=O) groups is 1. The van der Waals surface area contributed by atoms with Crippen LogP contribution in [0.4, 0.5) is 0 Å². The Morgan fingerprint density at radius 1 is 1.35 bits per heavy atom. The number of aromatic amines is 1. The van der Waals surface area contributed by atoms with Crippen LogP contribution in [-0.4, -0.2) is 27.1 Å². The van der Waals surface area contributed by atoms with Gasteiger partial charge in [-0.2, -0.15) is 5.10 Å². The highest BCUT2D eigenvalue weighted by Gasteiger charge is 2.21. The zero-order valence-corrected chi connectivity index (χ0v) is 10.8. The molecule has 1 amide bonds. The van der Waals surface area contributed by atoms with Gasteiger partial charge in [-0.15, -0.1) is 0 Å².